The summed E-state index contributed by atoms with van der Waals surface area (Å²) in [4.78, 5) is 31.0. The molecule has 5 heterocycles. The van der Waals surface area contributed by atoms with E-state index in [1.165, 1.54) is 25.4 Å². The number of fused-ring (bicyclic) bond motifs is 2. The number of nitrogens with one attached hydrogen (secondary N) is 2. The normalized spacial score (nSPS) is 24.7. The Morgan fingerprint density at radius 1 is 1.33 bits per heavy atom. The average Bonchev–Trinajstić information content (AvgIpc) is 2.77. The lowest BCUT2D eigenvalue weighted by molar-refractivity contribution is -0.207. The van der Waals surface area contributed by atoms with E-state index in [1.54, 1.807) is 18.3 Å². The smallest absolute Gasteiger partial charge is 0.264 e. The highest BCUT2D eigenvalue weighted by Crippen LogP contribution is 2.61. The fourth-order valence-corrected chi connectivity index (χ4v) is 5.86. The molecule has 3 aliphatic rings. The summed E-state index contributed by atoms with van der Waals surface area (Å²) in [6.07, 6.45) is 5.01. The Morgan fingerprint density at radius 2 is 2.18 bits per heavy atom. The van der Waals surface area contributed by atoms with Gasteiger partial charge in [-0.2, -0.15) is 5.10 Å². The Kier molecular flexibility index (Phi) is 4.37. The van der Waals surface area contributed by atoms with Gasteiger partial charge in [0.05, 0.1) is 35.8 Å². The minimum Gasteiger partial charge on any atom is -0.494 e. The van der Waals surface area contributed by atoms with Crippen LogP contribution >= 0.6 is 11.6 Å². The topological polar surface area (TPSA) is 100 Å². The molecule has 3 atom stereocenters. The number of halogens is 2. The molecule has 1 aromatic carbocycles. The summed E-state index contributed by atoms with van der Waals surface area (Å²) >= 11 is 6.46. The molecular formula is C23H19ClFN5O3. The molecule has 3 aliphatic heterocycles. The Balaban J connectivity index is 1.25. The summed E-state index contributed by atoms with van der Waals surface area (Å²) in [6, 6.07) is 6.16. The summed E-state index contributed by atoms with van der Waals surface area (Å²) in [5.74, 6) is -0.379. The second-order valence-electron chi connectivity index (χ2n) is 8.71. The van der Waals surface area contributed by atoms with Crippen LogP contribution in [-0.2, 0) is 11.2 Å². The third-order valence-electron chi connectivity index (χ3n) is 7.04. The van der Waals surface area contributed by atoms with E-state index in [4.69, 9.17) is 16.3 Å². The van der Waals surface area contributed by atoms with Crippen molar-refractivity contribution in [1.29, 1.82) is 0 Å². The number of carbonyl (C=O) groups is 1. The van der Waals surface area contributed by atoms with Crippen molar-refractivity contribution >= 4 is 23.2 Å². The molecule has 2 N–H and O–H groups in total. The number of H-pyrrole nitrogens is 1. The maximum absolute atomic E-state index is 15.0. The van der Waals surface area contributed by atoms with Gasteiger partial charge in [0.2, 0.25) is 5.91 Å². The first-order valence-electron chi connectivity index (χ1n) is 10.6. The van der Waals surface area contributed by atoms with Gasteiger partial charge in [0.25, 0.3) is 5.56 Å². The van der Waals surface area contributed by atoms with Crippen molar-refractivity contribution in [3.63, 3.8) is 0 Å². The van der Waals surface area contributed by atoms with Gasteiger partial charge >= 0.3 is 0 Å². The lowest BCUT2D eigenvalue weighted by atomic mass is 9.59. The Morgan fingerprint density at radius 3 is 3.00 bits per heavy atom. The number of ether oxygens (including phenoxy) is 1. The molecular weight excluding hydrogens is 449 g/mol. The molecule has 0 aliphatic carbocycles. The Labute approximate surface area is 192 Å². The zero-order valence-corrected chi connectivity index (χ0v) is 18.3. The molecule has 2 saturated heterocycles. The van der Waals surface area contributed by atoms with Gasteiger partial charge in [-0.25, -0.2) is 9.49 Å². The van der Waals surface area contributed by atoms with E-state index in [-0.39, 0.29) is 34.3 Å². The third kappa shape index (κ3) is 2.85. The first kappa shape index (κ1) is 20.3. The number of hydrogen-bond acceptors (Lipinski definition) is 6. The van der Waals surface area contributed by atoms with Crippen molar-refractivity contribution in [3.05, 3.63) is 69.1 Å². The summed E-state index contributed by atoms with van der Waals surface area (Å²) in [6.45, 7) is 0. The van der Waals surface area contributed by atoms with Crippen molar-refractivity contribution in [2.45, 2.75) is 36.9 Å². The number of amides is 1. The number of aromatic nitrogens is 3. The number of anilines is 1. The quantitative estimate of drug-likeness (QED) is 0.611. The van der Waals surface area contributed by atoms with Crippen LogP contribution in [0.15, 0.2) is 41.5 Å². The van der Waals surface area contributed by atoms with E-state index in [0.717, 1.165) is 11.3 Å². The molecule has 0 radical (unpaired) electrons. The van der Waals surface area contributed by atoms with Crippen LogP contribution in [0.5, 0.6) is 5.75 Å². The fraction of sp³-hybridized carbons (Fsp3) is 0.304. The number of nitrogens with zero attached hydrogens (tertiary/aromatic N) is 3. The first-order valence-corrected chi connectivity index (χ1v) is 10.9. The maximum Gasteiger partial charge on any atom is 0.264 e. The highest BCUT2D eigenvalue weighted by atomic mass is 35.5. The zero-order chi connectivity index (χ0) is 22.9. The van der Waals surface area contributed by atoms with Crippen LogP contribution in [0.25, 0.3) is 11.1 Å². The van der Waals surface area contributed by atoms with Gasteiger partial charge in [0.1, 0.15) is 17.1 Å². The number of aromatic amines is 1. The predicted octanol–water partition coefficient (Wildman–Crippen LogP) is 3.09. The number of piperidine rings is 1. The minimum absolute atomic E-state index is 0.00920. The van der Waals surface area contributed by atoms with Gasteiger partial charge in [-0.15, -0.1) is 0 Å². The first-order chi connectivity index (χ1) is 15.9. The van der Waals surface area contributed by atoms with Crippen molar-refractivity contribution in [1.82, 2.24) is 20.1 Å². The summed E-state index contributed by atoms with van der Waals surface area (Å²) < 4.78 is 20.3. The standard InChI is InChI=1S/C23H19ClFN5O3/c1-33-19-10-26-3-2-13(19)14-6-16(25)17(7-15(14)24)27-22(32)23-8-12-4-11-5-20(31)28-29-21(11)18(9-23)30(12)23/h2-3,5-7,10,12,18H,4,8-9H2,1H3,(H,27,32)(H,28,31)/t12?,18-,23?/m1/s1. The van der Waals surface area contributed by atoms with Crippen molar-refractivity contribution in [2.24, 2.45) is 0 Å². The summed E-state index contributed by atoms with van der Waals surface area (Å²) in [5, 5.41) is 9.72. The number of benzene rings is 1. The van der Waals surface area contributed by atoms with E-state index in [0.29, 0.717) is 36.1 Å². The zero-order valence-electron chi connectivity index (χ0n) is 17.6. The van der Waals surface area contributed by atoms with E-state index in [9.17, 15) is 9.59 Å². The van der Waals surface area contributed by atoms with Crippen LogP contribution in [0.4, 0.5) is 10.1 Å². The van der Waals surface area contributed by atoms with Gasteiger partial charge in [0, 0.05) is 29.4 Å². The molecule has 2 fully saturated rings. The van der Waals surface area contributed by atoms with Crippen molar-refractivity contribution in [2.75, 3.05) is 12.4 Å². The maximum atomic E-state index is 15.0. The van der Waals surface area contributed by atoms with Gasteiger partial charge in [0.15, 0.2) is 0 Å². The van der Waals surface area contributed by atoms with Gasteiger partial charge in [-0.3, -0.25) is 19.5 Å². The molecule has 6 rings (SSSR count). The minimum atomic E-state index is -0.684. The number of methoxy groups -OCH3 is 1. The molecule has 2 aromatic heterocycles. The molecule has 8 nitrogen and oxygen atoms in total. The highest BCUT2D eigenvalue weighted by molar-refractivity contribution is 6.33. The highest BCUT2D eigenvalue weighted by Gasteiger charge is 2.69. The SMILES string of the molecule is COc1cnccc1-c1cc(F)c(NC(=O)C23CC4Cc5cc(=O)[nH]nc5[C@@H](C2)N43)cc1Cl. The number of rotatable bonds is 4. The molecule has 33 heavy (non-hydrogen) atoms. The monoisotopic (exact) mass is 467 g/mol. The number of carbonyl (C=O) groups excluding carboxylic acids is 1. The van der Waals surface area contributed by atoms with Crippen LogP contribution in [0, 0.1) is 5.82 Å². The number of pyridine rings is 1. The van der Waals surface area contributed by atoms with Gasteiger partial charge in [-0.1, -0.05) is 11.6 Å². The van der Waals surface area contributed by atoms with Crippen LogP contribution in [0.1, 0.15) is 30.1 Å². The van der Waals surface area contributed by atoms with Crippen LogP contribution in [-0.4, -0.2) is 44.7 Å². The number of hydrogen-bond donors (Lipinski definition) is 2. The molecule has 3 aromatic rings. The third-order valence-corrected chi connectivity index (χ3v) is 7.35. The average molecular weight is 468 g/mol. The summed E-state index contributed by atoms with van der Waals surface area (Å²) in [7, 11) is 1.50. The Bertz CT molecular complexity index is 1380. The molecule has 0 saturated carbocycles. The van der Waals surface area contributed by atoms with Gasteiger partial charge < -0.3 is 10.1 Å². The second kappa shape index (κ2) is 7.10. The molecule has 0 spiro atoms. The molecule has 1 amide bonds. The van der Waals surface area contributed by atoms with Crippen molar-refractivity contribution in [3.8, 4) is 16.9 Å². The van der Waals surface area contributed by atoms with Crippen LogP contribution < -0.4 is 15.6 Å². The van der Waals surface area contributed by atoms with Crippen LogP contribution in [0.3, 0.4) is 0 Å². The lowest BCUT2D eigenvalue weighted by Crippen LogP contribution is -2.81. The molecule has 168 valence electrons. The van der Waals surface area contributed by atoms with E-state index in [2.05, 4.69) is 25.4 Å². The molecule has 0 bridgehead atoms. The fourth-order valence-electron chi connectivity index (χ4n) is 5.59. The van der Waals surface area contributed by atoms with Gasteiger partial charge in [-0.05, 0) is 43.0 Å². The van der Waals surface area contributed by atoms with Crippen LogP contribution in [0.2, 0.25) is 5.02 Å². The predicted molar refractivity (Wildman–Crippen MR) is 119 cm³/mol. The molecule has 10 heteroatoms. The Hall–Kier alpha value is -3.30. The summed E-state index contributed by atoms with van der Waals surface area (Å²) in [5.41, 5.74) is 1.95. The van der Waals surface area contributed by atoms with E-state index in [1.807, 2.05) is 0 Å². The second-order valence-corrected chi connectivity index (χ2v) is 9.11. The van der Waals surface area contributed by atoms with E-state index < -0.39 is 11.4 Å². The largest absolute Gasteiger partial charge is 0.494 e. The van der Waals surface area contributed by atoms with E-state index >= 15 is 4.39 Å². The van der Waals surface area contributed by atoms with Crippen molar-refractivity contribution < 1.29 is 13.9 Å². The lowest BCUT2D eigenvalue weighted by Gasteiger charge is -2.70. The molecule has 2 unspecified atom stereocenters.